The van der Waals surface area contributed by atoms with Gasteiger partial charge < -0.3 is 4.57 Å². The third-order valence-corrected chi connectivity index (χ3v) is 7.46. The van der Waals surface area contributed by atoms with E-state index in [0.717, 1.165) is 55.1 Å². The van der Waals surface area contributed by atoms with E-state index in [9.17, 15) is 4.39 Å². The summed E-state index contributed by atoms with van der Waals surface area (Å²) in [6.07, 6.45) is 0. The smallest absolute Gasteiger partial charge is 0.140 e. The predicted octanol–water partition coefficient (Wildman–Crippen LogP) is 6.29. The zero-order valence-electron chi connectivity index (χ0n) is 21.1. The van der Waals surface area contributed by atoms with Crippen LogP contribution >= 0.6 is 0 Å². The van der Waals surface area contributed by atoms with Crippen LogP contribution in [0.1, 0.15) is 22.7 Å². The number of hydrogen-bond acceptors (Lipinski definition) is 3. The van der Waals surface area contributed by atoms with Crippen LogP contribution in [0.5, 0.6) is 0 Å². The molecule has 1 fully saturated rings. The summed E-state index contributed by atoms with van der Waals surface area (Å²) in [5.41, 5.74) is 6.95. The summed E-state index contributed by atoms with van der Waals surface area (Å²) in [5.74, 6) is 0.623. The second-order valence-electron chi connectivity index (χ2n) is 9.86. The first-order valence-corrected chi connectivity index (χ1v) is 12.9. The van der Waals surface area contributed by atoms with Crippen molar-refractivity contribution in [3.8, 4) is 11.4 Å². The summed E-state index contributed by atoms with van der Waals surface area (Å²) in [4.78, 5) is 10.0. The molecule has 1 saturated heterocycles. The van der Waals surface area contributed by atoms with Crippen molar-refractivity contribution in [2.75, 3.05) is 26.2 Å². The Hall–Kier alpha value is -3.80. The van der Waals surface area contributed by atoms with E-state index in [-0.39, 0.29) is 11.9 Å². The average molecular weight is 491 g/mol. The van der Waals surface area contributed by atoms with Gasteiger partial charge >= 0.3 is 0 Å². The molecule has 4 aromatic carbocycles. The maximum absolute atomic E-state index is 13.4. The van der Waals surface area contributed by atoms with Crippen LogP contribution in [0, 0.1) is 5.82 Å². The van der Waals surface area contributed by atoms with Crippen molar-refractivity contribution in [1.82, 2.24) is 19.4 Å². The Morgan fingerprint density at radius 2 is 1.38 bits per heavy atom. The predicted molar refractivity (Wildman–Crippen MR) is 148 cm³/mol. The fourth-order valence-electron chi connectivity index (χ4n) is 5.52. The van der Waals surface area contributed by atoms with Crippen molar-refractivity contribution in [2.24, 2.45) is 7.05 Å². The molecule has 0 aliphatic carbocycles. The second-order valence-corrected chi connectivity index (χ2v) is 9.86. The summed E-state index contributed by atoms with van der Waals surface area (Å²) in [7, 11) is 2.02. The number of piperazine rings is 1. The van der Waals surface area contributed by atoms with Gasteiger partial charge in [-0.25, -0.2) is 9.37 Å². The molecule has 0 radical (unpaired) electrons. The zero-order chi connectivity index (χ0) is 25.2. The summed E-state index contributed by atoms with van der Waals surface area (Å²) >= 11 is 0. The van der Waals surface area contributed by atoms with Crippen molar-refractivity contribution in [3.05, 3.63) is 126 Å². The van der Waals surface area contributed by atoms with E-state index in [4.69, 9.17) is 4.98 Å². The van der Waals surface area contributed by atoms with Crippen LogP contribution in [-0.2, 0) is 13.6 Å². The van der Waals surface area contributed by atoms with Gasteiger partial charge in [-0.1, -0.05) is 66.7 Å². The molecule has 0 atom stereocenters. The highest BCUT2D eigenvalue weighted by Crippen LogP contribution is 2.30. The van der Waals surface area contributed by atoms with Gasteiger partial charge in [0, 0.05) is 45.3 Å². The highest BCUT2D eigenvalue weighted by atomic mass is 19.1. The van der Waals surface area contributed by atoms with Gasteiger partial charge in [0.2, 0.25) is 0 Å². The van der Waals surface area contributed by atoms with Crippen LogP contribution in [-0.4, -0.2) is 45.5 Å². The van der Waals surface area contributed by atoms with Gasteiger partial charge in [0.15, 0.2) is 0 Å². The molecule has 1 aliphatic rings. The van der Waals surface area contributed by atoms with Crippen molar-refractivity contribution in [1.29, 1.82) is 0 Å². The molecule has 0 unspecified atom stereocenters. The second kappa shape index (κ2) is 10.3. The molecule has 0 bridgehead atoms. The van der Waals surface area contributed by atoms with Crippen LogP contribution in [0.3, 0.4) is 0 Å². The summed E-state index contributed by atoms with van der Waals surface area (Å²) in [6, 6.07) is 35.1. The number of rotatable bonds is 6. The van der Waals surface area contributed by atoms with E-state index in [1.807, 2.05) is 7.05 Å². The molecule has 6 rings (SSSR count). The third kappa shape index (κ3) is 4.93. The molecule has 2 heterocycles. The number of imidazole rings is 1. The standard InChI is InChI=1S/C32H31FN4/c1-35-30-17-12-24(22-29(30)34-32(35)27-13-15-28(33)16-14-27)23-36-18-20-37(21-19-36)31(25-8-4-2-5-9-25)26-10-6-3-7-11-26/h2-17,22,31H,18-21,23H2,1H3. The fourth-order valence-corrected chi connectivity index (χ4v) is 5.52. The normalized spacial score (nSPS) is 15.0. The van der Waals surface area contributed by atoms with Crippen LogP contribution in [0.15, 0.2) is 103 Å². The van der Waals surface area contributed by atoms with E-state index in [1.54, 1.807) is 12.1 Å². The lowest BCUT2D eigenvalue weighted by Gasteiger charge is -2.39. The highest BCUT2D eigenvalue weighted by Gasteiger charge is 2.26. The molecule has 0 saturated carbocycles. The van der Waals surface area contributed by atoms with Gasteiger partial charge in [0.25, 0.3) is 0 Å². The van der Waals surface area contributed by atoms with E-state index >= 15 is 0 Å². The zero-order valence-corrected chi connectivity index (χ0v) is 21.1. The number of nitrogens with zero attached hydrogens (tertiary/aromatic N) is 4. The highest BCUT2D eigenvalue weighted by molar-refractivity contribution is 5.81. The molecule has 37 heavy (non-hydrogen) atoms. The Kier molecular flexibility index (Phi) is 6.56. The van der Waals surface area contributed by atoms with Gasteiger partial charge in [-0.15, -0.1) is 0 Å². The minimum Gasteiger partial charge on any atom is -0.327 e. The SMILES string of the molecule is Cn1c(-c2ccc(F)cc2)nc2cc(CN3CCN(C(c4ccccc4)c4ccccc4)CC3)ccc21. The van der Waals surface area contributed by atoms with E-state index in [0.29, 0.717) is 0 Å². The maximum atomic E-state index is 13.4. The number of benzene rings is 4. The molecule has 1 aromatic heterocycles. The lowest BCUT2D eigenvalue weighted by molar-refractivity contribution is 0.105. The Balaban J connectivity index is 1.17. The fraction of sp³-hybridized carbons (Fsp3) is 0.219. The van der Waals surface area contributed by atoms with Crippen molar-refractivity contribution in [3.63, 3.8) is 0 Å². The third-order valence-electron chi connectivity index (χ3n) is 7.46. The molecular formula is C32H31FN4. The lowest BCUT2D eigenvalue weighted by Crippen LogP contribution is -2.47. The topological polar surface area (TPSA) is 24.3 Å². The monoisotopic (exact) mass is 490 g/mol. The van der Waals surface area contributed by atoms with E-state index in [2.05, 4.69) is 93.2 Å². The number of aromatic nitrogens is 2. The van der Waals surface area contributed by atoms with Crippen molar-refractivity contribution in [2.45, 2.75) is 12.6 Å². The number of halogens is 1. The first kappa shape index (κ1) is 23.6. The number of hydrogen-bond donors (Lipinski definition) is 0. The van der Waals surface area contributed by atoms with Gasteiger partial charge in [-0.05, 0) is 53.1 Å². The molecule has 0 spiro atoms. The summed E-state index contributed by atoms with van der Waals surface area (Å²) in [5, 5.41) is 0. The first-order chi connectivity index (χ1) is 18.2. The Labute approximate surface area is 217 Å². The van der Waals surface area contributed by atoms with E-state index < -0.39 is 0 Å². The van der Waals surface area contributed by atoms with Crippen LogP contribution in [0.25, 0.3) is 22.4 Å². The Bertz CT molecular complexity index is 1430. The number of aryl methyl sites for hydroxylation is 1. The summed E-state index contributed by atoms with van der Waals surface area (Å²) in [6.45, 7) is 5.01. The van der Waals surface area contributed by atoms with Gasteiger partial charge in [0.05, 0.1) is 17.1 Å². The van der Waals surface area contributed by atoms with Crippen LogP contribution in [0.4, 0.5) is 4.39 Å². The molecule has 0 N–H and O–H groups in total. The molecular weight excluding hydrogens is 459 g/mol. The van der Waals surface area contributed by atoms with Crippen LogP contribution < -0.4 is 0 Å². The average Bonchev–Trinajstić information content (AvgIpc) is 3.27. The molecule has 4 nitrogen and oxygen atoms in total. The molecule has 1 aliphatic heterocycles. The molecule has 5 heteroatoms. The molecule has 186 valence electrons. The first-order valence-electron chi connectivity index (χ1n) is 12.9. The maximum Gasteiger partial charge on any atom is 0.140 e. The Morgan fingerprint density at radius 1 is 0.757 bits per heavy atom. The van der Waals surface area contributed by atoms with Gasteiger partial charge in [0.1, 0.15) is 11.6 Å². The molecule has 0 amide bonds. The van der Waals surface area contributed by atoms with Crippen LogP contribution in [0.2, 0.25) is 0 Å². The largest absolute Gasteiger partial charge is 0.327 e. The van der Waals surface area contributed by atoms with Gasteiger partial charge in [-0.3, -0.25) is 9.80 Å². The number of fused-ring (bicyclic) bond motifs is 1. The van der Waals surface area contributed by atoms with E-state index in [1.165, 1.54) is 28.8 Å². The summed E-state index contributed by atoms with van der Waals surface area (Å²) < 4.78 is 15.5. The Morgan fingerprint density at radius 3 is 2.00 bits per heavy atom. The van der Waals surface area contributed by atoms with Crippen molar-refractivity contribution < 1.29 is 4.39 Å². The molecule has 5 aromatic rings. The minimum atomic E-state index is -0.233. The van der Waals surface area contributed by atoms with Crippen molar-refractivity contribution >= 4 is 11.0 Å². The quantitative estimate of drug-likeness (QED) is 0.280. The minimum absolute atomic E-state index is 0.233. The van der Waals surface area contributed by atoms with Gasteiger partial charge in [-0.2, -0.15) is 0 Å². The lowest BCUT2D eigenvalue weighted by atomic mass is 9.96.